The maximum atomic E-state index is 3.60. The third kappa shape index (κ3) is 6.09. The average molecular weight is 185 g/mol. The van der Waals surface area contributed by atoms with Crippen molar-refractivity contribution >= 4 is 0 Å². The highest BCUT2D eigenvalue weighted by Crippen LogP contribution is 2.23. The second-order valence-electron chi connectivity index (χ2n) is 5.43. The van der Waals surface area contributed by atoms with Crippen LogP contribution in [-0.2, 0) is 0 Å². The summed E-state index contributed by atoms with van der Waals surface area (Å²) >= 11 is 0. The Hall–Kier alpha value is -0.0400. The molecule has 0 unspecified atom stereocenters. The zero-order valence-corrected chi connectivity index (χ0v) is 10.3. The fourth-order valence-electron chi connectivity index (χ4n) is 1.04. The topological polar surface area (TPSA) is 12.0 Å². The molecule has 0 aromatic rings. The van der Waals surface area contributed by atoms with Gasteiger partial charge in [-0.25, -0.2) is 0 Å². The first-order valence-electron chi connectivity index (χ1n) is 5.58. The third-order valence-corrected chi connectivity index (χ3v) is 3.25. The molecule has 1 N–H and O–H groups in total. The standard InChI is InChI=1S/C12H27N/c1-7-11(3,4)9-10-13-12(5,6)8-2/h13H,7-10H2,1-6H3. The summed E-state index contributed by atoms with van der Waals surface area (Å²) in [5.74, 6) is 0. The smallest absolute Gasteiger partial charge is 0.0122 e. The Balaban J connectivity index is 3.68. The van der Waals surface area contributed by atoms with Crippen LogP contribution in [0.4, 0.5) is 0 Å². The van der Waals surface area contributed by atoms with Gasteiger partial charge < -0.3 is 5.32 Å². The molecule has 0 aliphatic heterocycles. The van der Waals surface area contributed by atoms with Crippen molar-refractivity contribution in [1.29, 1.82) is 0 Å². The number of hydrogen-bond acceptors (Lipinski definition) is 1. The van der Waals surface area contributed by atoms with Gasteiger partial charge in [0.1, 0.15) is 0 Å². The fourth-order valence-corrected chi connectivity index (χ4v) is 1.04. The molecule has 0 rings (SSSR count). The van der Waals surface area contributed by atoms with Crippen molar-refractivity contribution in [1.82, 2.24) is 5.32 Å². The van der Waals surface area contributed by atoms with Gasteiger partial charge in [0.15, 0.2) is 0 Å². The van der Waals surface area contributed by atoms with E-state index in [9.17, 15) is 0 Å². The molecular formula is C12H27N. The van der Waals surface area contributed by atoms with E-state index in [0.29, 0.717) is 11.0 Å². The predicted octanol–water partition coefficient (Wildman–Crippen LogP) is 3.59. The van der Waals surface area contributed by atoms with E-state index < -0.39 is 0 Å². The Kier molecular flexibility index (Phi) is 4.98. The van der Waals surface area contributed by atoms with Crippen LogP contribution < -0.4 is 5.32 Å². The molecule has 0 aromatic heterocycles. The second kappa shape index (κ2) is 4.99. The highest BCUT2D eigenvalue weighted by molar-refractivity contribution is 4.77. The van der Waals surface area contributed by atoms with Gasteiger partial charge in [-0.15, -0.1) is 0 Å². The SMILES string of the molecule is CCC(C)(C)CCNC(C)(C)CC. The molecule has 0 spiro atoms. The zero-order chi connectivity index (χ0) is 10.5. The van der Waals surface area contributed by atoms with Gasteiger partial charge in [0, 0.05) is 5.54 Å². The van der Waals surface area contributed by atoms with E-state index in [0.717, 1.165) is 6.54 Å². The molecule has 0 amide bonds. The van der Waals surface area contributed by atoms with Gasteiger partial charge in [0.05, 0.1) is 0 Å². The largest absolute Gasteiger partial charge is 0.312 e. The van der Waals surface area contributed by atoms with Gasteiger partial charge in [0.2, 0.25) is 0 Å². The summed E-state index contributed by atoms with van der Waals surface area (Å²) < 4.78 is 0. The first-order valence-corrected chi connectivity index (χ1v) is 5.58. The molecule has 0 aromatic carbocycles. The lowest BCUT2D eigenvalue weighted by Gasteiger charge is -2.28. The summed E-state index contributed by atoms with van der Waals surface area (Å²) in [6, 6.07) is 0. The molecule has 1 nitrogen and oxygen atoms in total. The molecular weight excluding hydrogens is 158 g/mol. The van der Waals surface area contributed by atoms with Crippen LogP contribution in [0.5, 0.6) is 0 Å². The van der Waals surface area contributed by atoms with Crippen molar-refractivity contribution in [3.8, 4) is 0 Å². The quantitative estimate of drug-likeness (QED) is 0.667. The number of rotatable bonds is 6. The van der Waals surface area contributed by atoms with E-state index in [1.807, 2.05) is 0 Å². The number of nitrogens with one attached hydrogen (secondary N) is 1. The summed E-state index contributed by atoms with van der Waals surface area (Å²) in [5, 5.41) is 3.60. The van der Waals surface area contributed by atoms with Crippen LogP contribution in [0.15, 0.2) is 0 Å². The zero-order valence-electron chi connectivity index (χ0n) is 10.3. The fraction of sp³-hybridized carbons (Fsp3) is 1.00. The molecule has 0 aliphatic rings. The Morgan fingerprint density at radius 1 is 0.923 bits per heavy atom. The van der Waals surface area contributed by atoms with Crippen molar-refractivity contribution in [2.75, 3.05) is 6.54 Å². The van der Waals surface area contributed by atoms with Crippen LogP contribution >= 0.6 is 0 Å². The minimum atomic E-state index is 0.309. The lowest BCUT2D eigenvalue weighted by molar-refractivity contribution is 0.285. The van der Waals surface area contributed by atoms with Crippen molar-refractivity contribution in [3.05, 3.63) is 0 Å². The van der Waals surface area contributed by atoms with Crippen LogP contribution in [0.1, 0.15) is 60.8 Å². The molecule has 80 valence electrons. The summed E-state index contributed by atoms with van der Waals surface area (Å²) in [5.41, 5.74) is 0.806. The third-order valence-electron chi connectivity index (χ3n) is 3.25. The van der Waals surface area contributed by atoms with Gasteiger partial charge in [0.25, 0.3) is 0 Å². The van der Waals surface area contributed by atoms with Gasteiger partial charge in [-0.2, -0.15) is 0 Å². The van der Waals surface area contributed by atoms with Crippen LogP contribution in [-0.4, -0.2) is 12.1 Å². The van der Waals surface area contributed by atoms with E-state index in [-0.39, 0.29) is 0 Å². The van der Waals surface area contributed by atoms with E-state index >= 15 is 0 Å². The molecule has 0 radical (unpaired) electrons. The summed E-state index contributed by atoms with van der Waals surface area (Å²) in [4.78, 5) is 0. The van der Waals surface area contributed by atoms with E-state index in [2.05, 4.69) is 46.9 Å². The molecule has 0 saturated carbocycles. The molecule has 0 bridgehead atoms. The van der Waals surface area contributed by atoms with Crippen molar-refractivity contribution in [3.63, 3.8) is 0 Å². The molecule has 0 fully saturated rings. The van der Waals surface area contributed by atoms with Gasteiger partial charge >= 0.3 is 0 Å². The highest BCUT2D eigenvalue weighted by atomic mass is 14.9. The molecule has 0 atom stereocenters. The van der Waals surface area contributed by atoms with Gasteiger partial charge in [-0.05, 0) is 38.6 Å². The van der Waals surface area contributed by atoms with E-state index in [1.54, 1.807) is 0 Å². The Morgan fingerprint density at radius 3 is 1.85 bits per heavy atom. The first-order chi connectivity index (χ1) is 5.83. The normalized spacial score (nSPS) is 13.4. The Morgan fingerprint density at radius 2 is 1.46 bits per heavy atom. The van der Waals surface area contributed by atoms with Crippen molar-refractivity contribution in [2.45, 2.75) is 66.3 Å². The molecule has 1 heteroatoms. The minimum Gasteiger partial charge on any atom is -0.312 e. The van der Waals surface area contributed by atoms with Gasteiger partial charge in [-0.3, -0.25) is 0 Å². The van der Waals surface area contributed by atoms with E-state index in [4.69, 9.17) is 0 Å². The minimum absolute atomic E-state index is 0.309. The average Bonchev–Trinajstić information content (AvgIpc) is 2.04. The highest BCUT2D eigenvalue weighted by Gasteiger charge is 2.17. The van der Waals surface area contributed by atoms with E-state index in [1.165, 1.54) is 19.3 Å². The Bertz CT molecular complexity index is 120. The second-order valence-corrected chi connectivity index (χ2v) is 5.43. The van der Waals surface area contributed by atoms with Crippen molar-refractivity contribution in [2.24, 2.45) is 5.41 Å². The summed E-state index contributed by atoms with van der Waals surface area (Å²) in [7, 11) is 0. The lowest BCUT2D eigenvalue weighted by Crippen LogP contribution is -2.40. The predicted molar refractivity (Wildman–Crippen MR) is 61.1 cm³/mol. The maximum absolute atomic E-state index is 3.60. The lowest BCUT2D eigenvalue weighted by atomic mass is 9.86. The van der Waals surface area contributed by atoms with Crippen LogP contribution in [0.2, 0.25) is 0 Å². The molecule has 0 saturated heterocycles. The summed E-state index contributed by atoms with van der Waals surface area (Å²) in [6.45, 7) is 14.9. The van der Waals surface area contributed by atoms with Crippen LogP contribution in [0.25, 0.3) is 0 Å². The van der Waals surface area contributed by atoms with Crippen LogP contribution in [0.3, 0.4) is 0 Å². The Labute approximate surface area is 84.3 Å². The molecule has 0 aliphatic carbocycles. The number of hydrogen-bond donors (Lipinski definition) is 1. The maximum Gasteiger partial charge on any atom is 0.0122 e. The van der Waals surface area contributed by atoms with Gasteiger partial charge in [-0.1, -0.05) is 34.1 Å². The molecule has 0 heterocycles. The van der Waals surface area contributed by atoms with Crippen LogP contribution in [0, 0.1) is 5.41 Å². The monoisotopic (exact) mass is 185 g/mol. The summed E-state index contributed by atoms with van der Waals surface area (Å²) in [6.07, 6.45) is 3.73. The first kappa shape index (κ1) is 13.0. The molecule has 13 heavy (non-hydrogen) atoms. The van der Waals surface area contributed by atoms with Crippen molar-refractivity contribution < 1.29 is 0 Å².